The van der Waals surface area contributed by atoms with Crippen LogP contribution in [0.1, 0.15) is 37.8 Å². The minimum Gasteiger partial charge on any atom is -0.384 e. The lowest BCUT2D eigenvalue weighted by atomic mass is 9.82. The Bertz CT molecular complexity index is 500. The molecule has 0 radical (unpaired) electrons. The Morgan fingerprint density at radius 3 is 2.81 bits per heavy atom. The molecule has 0 amide bonds. The van der Waals surface area contributed by atoms with E-state index in [9.17, 15) is 5.11 Å². The fraction of sp³-hybridized carbons (Fsp3) is 0.500. The molecule has 4 heteroatoms. The number of hydrogen-bond donors (Lipinski definition) is 1. The van der Waals surface area contributed by atoms with E-state index < -0.39 is 5.60 Å². The molecule has 0 spiro atoms. The lowest BCUT2D eigenvalue weighted by Crippen LogP contribution is -2.31. The average Bonchev–Trinajstić information content (AvgIpc) is 2.77. The van der Waals surface area contributed by atoms with Gasteiger partial charge in [0.15, 0.2) is 0 Å². The third-order valence-corrected chi connectivity index (χ3v) is 3.48. The van der Waals surface area contributed by atoms with Crippen LogP contribution in [0.25, 0.3) is 5.52 Å². The Hall–Kier alpha value is -1.42. The molecule has 0 aromatic carbocycles. The Kier molecular flexibility index (Phi) is 2.17. The van der Waals surface area contributed by atoms with Crippen molar-refractivity contribution in [2.24, 2.45) is 0 Å². The zero-order chi connectivity index (χ0) is 11.0. The van der Waals surface area contributed by atoms with Gasteiger partial charge in [0.25, 0.3) is 0 Å². The first kappa shape index (κ1) is 9.78. The predicted octanol–water partition coefficient (Wildman–Crippen LogP) is 1.88. The van der Waals surface area contributed by atoms with Crippen LogP contribution in [0.5, 0.6) is 0 Å². The van der Waals surface area contributed by atoms with Gasteiger partial charge in [0.1, 0.15) is 5.60 Å². The molecule has 3 rings (SSSR count). The van der Waals surface area contributed by atoms with Gasteiger partial charge in [-0.25, -0.2) is 4.52 Å². The van der Waals surface area contributed by atoms with Crippen molar-refractivity contribution >= 4 is 5.52 Å². The van der Waals surface area contributed by atoms with E-state index in [0.717, 1.165) is 36.9 Å². The number of fused-ring (bicyclic) bond motifs is 1. The van der Waals surface area contributed by atoms with Crippen molar-refractivity contribution in [3.05, 3.63) is 30.1 Å². The first-order valence-electron chi connectivity index (χ1n) is 5.82. The molecular formula is C12H15N3O. The molecule has 1 N–H and O–H groups in total. The smallest absolute Gasteiger partial charge is 0.107 e. The third-order valence-electron chi connectivity index (χ3n) is 3.48. The Balaban J connectivity index is 2.13. The number of hydrogen-bond acceptors (Lipinski definition) is 3. The number of rotatable bonds is 1. The van der Waals surface area contributed by atoms with E-state index in [1.807, 2.05) is 18.2 Å². The van der Waals surface area contributed by atoms with E-state index >= 15 is 0 Å². The summed E-state index contributed by atoms with van der Waals surface area (Å²) in [6, 6.07) is 5.86. The highest BCUT2D eigenvalue weighted by Gasteiger charge is 2.33. The minimum atomic E-state index is -0.717. The molecule has 0 unspecified atom stereocenters. The summed E-state index contributed by atoms with van der Waals surface area (Å²) in [7, 11) is 0. The van der Waals surface area contributed by atoms with Crippen molar-refractivity contribution < 1.29 is 5.11 Å². The first-order valence-corrected chi connectivity index (χ1v) is 5.82. The average molecular weight is 217 g/mol. The zero-order valence-electron chi connectivity index (χ0n) is 9.13. The van der Waals surface area contributed by atoms with Gasteiger partial charge in [-0.2, -0.15) is 0 Å². The largest absolute Gasteiger partial charge is 0.384 e. The maximum absolute atomic E-state index is 10.7. The standard InChI is InChI=1S/C12H15N3O/c16-12(7-2-1-3-8-12)11-6-4-5-10-9-13-14-15(10)11/h4-6,9,16H,1-3,7-8H2. The summed E-state index contributed by atoms with van der Waals surface area (Å²) in [5.74, 6) is 0. The molecule has 1 saturated carbocycles. The van der Waals surface area contributed by atoms with Gasteiger partial charge in [0.2, 0.25) is 0 Å². The highest BCUT2D eigenvalue weighted by atomic mass is 16.3. The van der Waals surface area contributed by atoms with Crippen LogP contribution in [0.2, 0.25) is 0 Å². The van der Waals surface area contributed by atoms with Gasteiger partial charge < -0.3 is 5.11 Å². The Morgan fingerprint density at radius 1 is 1.19 bits per heavy atom. The number of nitrogens with zero attached hydrogens (tertiary/aromatic N) is 3. The fourth-order valence-electron chi connectivity index (χ4n) is 2.60. The van der Waals surface area contributed by atoms with Crippen molar-refractivity contribution in [1.29, 1.82) is 0 Å². The van der Waals surface area contributed by atoms with Crippen molar-refractivity contribution in [1.82, 2.24) is 14.8 Å². The summed E-state index contributed by atoms with van der Waals surface area (Å²) in [5, 5.41) is 18.6. The van der Waals surface area contributed by atoms with Crippen molar-refractivity contribution in [2.75, 3.05) is 0 Å². The highest BCUT2D eigenvalue weighted by molar-refractivity contribution is 5.45. The van der Waals surface area contributed by atoms with Crippen molar-refractivity contribution in [3.8, 4) is 0 Å². The normalized spacial score (nSPS) is 20.1. The van der Waals surface area contributed by atoms with E-state index in [1.54, 1.807) is 10.7 Å². The first-order chi connectivity index (χ1) is 7.80. The second-order valence-electron chi connectivity index (χ2n) is 4.57. The van der Waals surface area contributed by atoms with Crippen LogP contribution in [0, 0.1) is 0 Å². The highest BCUT2D eigenvalue weighted by Crippen LogP contribution is 2.36. The van der Waals surface area contributed by atoms with Crippen LogP contribution in [0.3, 0.4) is 0 Å². The monoisotopic (exact) mass is 217 g/mol. The van der Waals surface area contributed by atoms with E-state index in [1.165, 1.54) is 6.42 Å². The van der Waals surface area contributed by atoms with Crippen LogP contribution in [0.15, 0.2) is 24.4 Å². The molecule has 1 aliphatic carbocycles. The van der Waals surface area contributed by atoms with Gasteiger partial charge in [-0.3, -0.25) is 0 Å². The van der Waals surface area contributed by atoms with Gasteiger partial charge in [-0.1, -0.05) is 30.5 Å². The summed E-state index contributed by atoms with van der Waals surface area (Å²) in [6.45, 7) is 0. The van der Waals surface area contributed by atoms with E-state index in [2.05, 4.69) is 10.3 Å². The molecule has 2 aromatic heterocycles. The summed E-state index contributed by atoms with van der Waals surface area (Å²) < 4.78 is 1.76. The molecule has 0 atom stereocenters. The van der Waals surface area contributed by atoms with Crippen LogP contribution in [-0.4, -0.2) is 19.9 Å². The molecule has 0 saturated heterocycles. The molecule has 2 aromatic rings. The van der Waals surface area contributed by atoms with E-state index in [4.69, 9.17) is 0 Å². The molecule has 4 nitrogen and oxygen atoms in total. The summed E-state index contributed by atoms with van der Waals surface area (Å²) in [5.41, 5.74) is 1.10. The fourth-order valence-corrected chi connectivity index (χ4v) is 2.60. The molecule has 16 heavy (non-hydrogen) atoms. The maximum Gasteiger partial charge on any atom is 0.107 e. The lowest BCUT2D eigenvalue weighted by Gasteiger charge is -2.32. The van der Waals surface area contributed by atoms with Crippen molar-refractivity contribution in [3.63, 3.8) is 0 Å². The maximum atomic E-state index is 10.7. The SMILES string of the molecule is OC1(c2cccc3cnnn23)CCCCC1. The lowest BCUT2D eigenvalue weighted by molar-refractivity contribution is -0.00661. The van der Waals surface area contributed by atoms with Gasteiger partial charge in [-0.05, 0) is 25.0 Å². The number of aliphatic hydroxyl groups is 1. The second kappa shape index (κ2) is 3.56. The van der Waals surface area contributed by atoms with Crippen LogP contribution < -0.4 is 0 Å². The second-order valence-corrected chi connectivity index (χ2v) is 4.57. The van der Waals surface area contributed by atoms with Crippen LogP contribution in [0.4, 0.5) is 0 Å². The summed E-state index contributed by atoms with van der Waals surface area (Å²) in [6.07, 6.45) is 6.76. The van der Waals surface area contributed by atoms with Gasteiger partial charge in [-0.15, -0.1) is 5.10 Å². The molecule has 1 aliphatic rings. The predicted molar refractivity (Wildman–Crippen MR) is 60.0 cm³/mol. The molecule has 0 aliphatic heterocycles. The molecular weight excluding hydrogens is 202 g/mol. The van der Waals surface area contributed by atoms with E-state index in [-0.39, 0.29) is 0 Å². The third kappa shape index (κ3) is 1.41. The molecule has 2 heterocycles. The zero-order valence-corrected chi connectivity index (χ0v) is 9.13. The van der Waals surface area contributed by atoms with Gasteiger partial charge in [0, 0.05) is 0 Å². The van der Waals surface area contributed by atoms with Gasteiger partial charge >= 0.3 is 0 Å². The van der Waals surface area contributed by atoms with Crippen LogP contribution in [-0.2, 0) is 5.60 Å². The topological polar surface area (TPSA) is 50.4 Å². The summed E-state index contributed by atoms with van der Waals surface area (Å²) in [4.78, 5) is 0. The Morgan fingerprint density at radius 2 is 2.00 bits per heavy atom. The quantitative estimate of drug-likeness (QED) is 0.793. The van der Waals surface area contributed by atoms with Gasteiger partial charge in [0.05, 0.1) is 17.4 Å². The van der Waals surface area contributed by atoms with E-state index in [0.29, 0.717) is 0 Å². The van der Waals surface area contributed by atoms with Crippen molar-refractivity contribution in [2.45, 2.75) is 37.7 Å². The molecule has 1 fully saturated rings. The Labute approximate surface area is 93.9 Å². The van der Waals surface area contributed by atoms with Crippen LogP contribution >= 0.6 is 0 Å². The number of aromatic nitrogens is 3. The summed E-state index contributed by atoms with van der Waals surface area (Å²) >= 11 is 0. The number of pyridine rings is 1. The minimum absolute atomic E-state index is 0.717. The molecule has 0 bridgehead atoms. The molecule has 84 valence electrons.